The average molecular weight is 249 g/mol. The third-order valence-electron chi connectivity index (χ3n) is 3.21. The van der Waals surface area contributed by atoms with Crippen LogP contribution in [0.15, 0.2) is 0 Å². The van der Waals surface area contributed by atoms with Crippen molar-refractivity contribution in [1.82, 2.24) is 10.2 Å². The summed E-state index contributed by atoms with van der Waals surface area (Å²) in [6, 6.07) is 0.798. The lowest BCUT2D eigenvalue weighted by atomic mass is 9.92. The van der Waals surface area contributed by atoms with E-state index in [1.165, 1.54) is 45.4 Å². The molecule has 98 valence electrons. The van der Waals surface area contributed by atoms with Crippen LogP contribution in [-0.2, 0) is 0 Å². The summed E-state index contributed by atoms with van der Waals surface area (Å²) >= 11 is 0. The van der Waals surface area contributed by atoms with E-state index in [1.807, 2.05) is 0 Å². The number of halogens is 1. The number of hydrogen-bond donors (Lipinski definition) is 1. The summed E-state index contributed by atoms with van der Waals surface area (Å²) in [4.78, 5) is 2.69. The molecule has 1 aliphatic rings. The summed E-state index contributed by atoms with van der Waals surface area (Å²) in [7, 11) is 0. The molecule has 1 aliphatic heterocycles. The van der Waals surface area contributed by atoms with Crippen LogP contribution in [0.25, 0.3) is 0 Å². The maximum absolute atomic E-state index is 3.47. The van der Waals surface area contributed by atoms with Gasteiger partial charge in [0, 0.05) is 12.6 Å². The van der Waals surface area contributed by atoms with Gasteiger partial charge >= 0.3 is 0 Å². The van der Waals surface area contributed by atoms with Gasteiger partial charge in [-0.3, -0.25) is 4.90 Å². The van der Waals surface area contributed by atoms with Gasteiger partial charge in [-0.2, -0.15) is 0 Å². The third kappa shape index (κ3) is 6.07. The van der Waals surface area contributed by atoms with Gasteiger partial charge in [0.1, 0.15) is 0 Å². The van der Waals surface area contributed by atoms with Crippen LogP contribution < -0.4 is 5.32 Å². The van der Waals surface area contributed by atoms with E-state index < -0.39 is 0 Å². The summed E-state index contributed by atoms with van der Waals surface area (Å²) in [6.07, 6.45) is 3.92. The quantitative estimate of drug-likeness (QED) is 0.805. The smallest absolute Gasteiger partial charge is 0.0232 e. The van der Waals surface area contributed by atoms with Gasteiger partial charge in [0.05, 0.1) is 0 Å². The molecule has 0 aromatic heterocycles. The molecule has 1 heterocycles. The molecule has 1 unspecified atom stereocenters. The van der Waals surface area contributed by atoms with Crippen LogP contribution >= 0.6 is 12.4 Å². The monoisotopic (exact) mass is 248 g/mol. The Bertz CT molecular complexity index is 171. The first kappa shape index (κ1) is 16.2. The van der Waals surface area contributed by atoms with E-state index in [-0.39, 0.29) is 12.4 Å². The largest absolute Gasteiger partial charge is 0.315 e. The molecule has 0 aromatic rings. The number of hydrogen-bond acceptors (Lipinski definition) is 2. The molecule has 1 saturated heterocycles. The molecule has 0 amide bonds. The van der Waals surface area contributed by atoms with Crippen LogP contribution in [0.4, 0.5) is 0 Å². The molecule has 16 heavy (non-hydrogen) atoms. The van der Waals surface area contributed by atoms with Crippen molar-refractivity contribution in [3.05, 3.63) is 0 Å². The topological polar surface area (TPSA) is 15.3 Å². The summed E-state index contributed by atoms with van der Waals surface area (Å²) < 4.78 is 0. The summed E-state index contributed by atoms with van der Waals surface area (Å²) in [5.41, 5.74) is 0.470. The normalized spacial score (nSPS) is 21.2. The van der Waals surface area contributed by atoms with Crippen molar-refractivity contribution in [3.63, 3.8) is 0 Å². The van der Waals surface area contributed by atoms with E-state index in [0.717, 1.165) is 6.04 Å². The highest BCUT2D eigenvalue weighted by atomic mass is 35.5. The molecule has 0 aliphatic carbocycles. The van der Waals surface area contributed by atoms with Crippen molar-refractivity contribution in [2.75, 3.05) is 26.2 Å². The first-order valence-corrected chi connectivity index (χ1v) is 6.47. The van der Waals surface area contributed by atoms with Gasteiger partial charge in [-0.15, -0.1) is 12.4 Å². The lowest BCUT2D eigenvalue weighted by Gasteiger charge is -2.31. The Kier molecular flexibility index (Phi) is 7.62. The number of nitrogens with one attached hydrogen (secondary N) is 1. The third-order valence-corrected chi connectivity index (χ3v) is 3.21. The van der Waals surface area contributed by atoms with E-state index in [2.05, 4.69) is 37.9 Å². The highest BCUT2D eigenvalue weighted by molar-refractivity contribution is 5.85. The second kappa shape index (κ2) is 7.52. The molecule has 0 saturated carbocycles. The zero-order valence-electron chi connectivity index (χ0n) is 11.4. The Morgan fingerprint density at radius 3 is 2.38 bits per heavy atom. The van der Waals surface area contributed by atoms with Crippen molar-refractivity contribution in [3.8, 4) is 0 Å². The molecule has 1 fully saturated rings. The highest BCUT2D eigenvalue weighted by Crippen LogP contribution is 2.20. The van der Waals surface area contributed by atoms with Crippen LogP contribution in [0, 0.1) is 5.41 Å². The Morgan fingerprint density at radius 1 is 1.25 bits per heavy atom. The zero-order chi connectivity index (χ0) is 11.3. The number of nitrogens with zero attached hydrogens (tertiary/aromatic N) is 1. The van der Waals surface area contributed by atoms with Crippen molar-refractivity contribution in [2.24, 2.45) is 5.41 Å². The van der Waals surface area contributed by atoms with Crippen molar-refractivity contribution in [1.29, 1.82) is 0 Å². The number of rotatable bonds is 5. The second-order valence-electron chi connectivity index (χ2n) is 5.99. The minimum Gasteiger partial charge on any atom is -0.315 e. The standard InChI is InChI=1S/C13H28N2.ClH/c1-5-9-15(10-7-13(2,3)4)12-6-8-14-11-12;/h12,14H,5-11H2,1-4H3;1H. The molecule has 0 aromatic carbocycles. The molecule has 1 N–H and O–H groups in total. The summed E-state index contributed by atoms with van der Waals surface area (Å²) in [5.74, 6) is 0. The minimum atomic E-state index is 0. The van der Waals surface area contributed by atoms with Crippen LogP contribution in [-0.4, -0.2) is 37.1 Å². The van der Waals surface area contributed by atoms with Crippen molar-refractivity contribution < 1.29 is 0 Å². The van der Waals surface area contributed by atoms with Crippen LogP contribution in [0.3, 0.4) is 0 Å². The zero-order valence-corrected chi connectivity index (χ0v) is 12.2. The fourth-order valence-electron chi connectivity index (χ4n) is 2.19. The molecule has 1 atom stereocenters. The molecule has 0 bridgehead atoms. The first-order chi connectivity index (χ1) is 7.03. The van der Waals surface area contributed by atoms with E-state index in [1.54, 1.807) is 0 Å². The van der Waals surface area contributed by atoms with E-state index >= 15 is 0 Å². The Hall–Kier alpha value is 0.210. The Balaban J connectivity index is 0.00000225. The maximum Gasteiger partial charge on any atom is 0.0232 e. The minimum absolute atomic E-state index is 0. The van der Waals surface area contributed by atoms with E-state index in [9.17, 15) is 0 Å². The molecule has 0 spiro atoms. The Morgan fingerprint density at radius 2 is 1.94 bits per heavy atom. The van der Waals surface area contributed by atoms with Gasteiger partial charge < -0.3 is 5.32 Å². The van der Waals surface area contributed by atoms with Crippen LogP contribution in [0.2, 0.25) is 0 Å². The Labute approximate surface area is 108 Å². The lowest BCUT2D eigenvalue weighted by molar-refractivity contribution is 0.179. The predicted octanol–water partition coefficient (Wildman–Crippen LogP) is 2.92. The average Bonchev–Trinajstić information content (AvgIpc) is 2.63. The lowest BCUT2D eigenvalue weighted by Crippen LogP contribution is -2.39. The van der Waals surface area contributed by atoms with Crippen molar-refractivity contribution >= 4 is 12.4 Å². The van der Waals surface area contributed by atoms with Gasteiger partial charge in [-0.05, 0) is 44.3 Å². The van der Waals surface area contributed by atoms with Crippen LogP contribution in [0.1, 0.15) is 47.0 Å². The first-order valence-electron chi connectivity index (χ1n) is 6.47. The SMILES string of the molecule is CCCN(CCC(C)(C)C)C1CCNC1.Cl. The highest BCUT2D eigenvalue weighted by Gasteiger charge is 2.22. The molecule has 0 radical (unpaired) electrons. The summed E-state index contributed by atoms with van der Waals surface area (Å²) in [6.45, 7) is 14.2. The fourth-order valence-corrected chi connectivity index (χ4v) is 2.19. The van der Waals surface area contributed by atoms with Gasteiger partial charge in [0.15, 0.2) is 0 Å². The molecule has 3 heteroatoms. The molecular formula is C13H29ClN2. The fraction of sp³-hybridized carbons (Fsp3) is 1.00. The van der Waals surface area contributed by atoms with Gasteiger partial charge in [-0.25, -0.2) is 0 Å². The van der Waals surface area contributed by atoms with Crippen molar-refractivity contribution in [2.45, 2.75) is 53.0 Å². The predicted molar refractivity (Wildman–Crippen MR) is 74.5 cm³/mol. The van der Waals surface area contributed by atoms with E-state index in [0.29, 0.717) is 5.41 Å². The van der Waals surface area contributed by atoms with Gasteiger partial charge in [0.2, 0.25) is 0 Å². The molecule has 2 nitrogen and oxygen atoms in total. The molecular weight excluding hydrogens is 220 g/mol. The van der Waals surface area contributed by atoms with E-state index in [4.69, 9.17) is 0 Å². The van der Waals surface area contributed by atoms with Crippen LogP contribution in [0.5, 0.6) is 0 Å². The van der Waals surface area contributed by atoms with Gasteiger partial charge in [-0.1, -0.05) is 27.7 Å². The maximum atomic E-state index is 3.47. The molecule has 1 rings (SSSR count). The van der Waals surface area contributed by atoms with Gasteiger partial charge in [0.25, 0.3) is 0 Å². The second-order valence-corrected chi connectivity index (χ2v) is 5.99. The summed E-state index contributed by atoms with van der Waals surface area (Å²) in [5, 5.41) is 3.47.